The van der Waals surface area contributed by atoms with Crippen molar-refractivity contribution in [2.75, 3.05) is 6.61 Å². The van der Waals surface area contributed by atoms with E-state index in [1.54, 1.807) is 24.3 Å². The van der Waals surface area contributed by atoms with Gasteiger partial charge in [0.05, 0.1) is 10.5 Å². The van der Waals surface area contributed by atoms with Gasteiger partial charge in [0.25, 0.3) is 17.5 Å². The number of ether oxygens (including phenoxy) is 1. The molecule has 0 saturated heterocycles. The molecule has 2 amide bonds. The van der Waals surface area contributed by atoms with Crippen molar-refractivity contribution >= 4 is 23.5 Å². The second kappa shape index (κ2) is 8.38. The molecule has 0 aliphatic rings. The number of nitrogens with zero attached hydrogens (tertiary/aromatic N) is 1. The lowest BCUT2D eigenvalue weighted by Crippen LogP contribution is -2.43. The molecule has 2 aromatic carbocycles. The second-order valence-corrected chi connectivity index (χ2v) is 5.25. The summed E-state index contributed by atoms with van der Waals surface area (Å²) in [5, 5.41) is 10.5. The average Bonchev–Trinajstić information content (AvgIpc) is 2.64. The Balaban J connectivity index is 1.79. The minimum atomic E-state index is -0.735. The van der Waals surface area contributed by atoms with E-state index in [4.69, 9.17) is 4.74 Å². The van der Waals surface area contributed by atoms with Crippen LogP contribution in [0.25, 0.3) is 0 Å². The highest BCUT2D eigenvalue weighted by Crippen LogP contribution is 2.11. The summed E-state index contributed by atoms with van der Waals surface area (Å²) in [7, 11) is 0. The normalized spacial score (nSPS) is 9.88. The number of esters is 1. The molecule has 0 unspecified atom stereocenters. The number of aryl methyl sites for hydroxylation is 1. The van der Waals surface area contributed by atoms with Crippen LogP contribution in [-0.2, 0) is 9.53 Å². The minimum absolute atomic E-state index is 0.118. The van der Waals surface area contributed by atoms with E-state index >= 15 is 0 Å². The Morgan fingerprint density at radius 1 is 0.962 bits per heavy atom. The highest BCUT2D eigenvalue weighted by Gasteiger charge is 2.12. The van der Waals surface area contributed by atoms with Crippen LogP contribution in [0.4, 0.5) is 5.69 Å². The van der Waals surface area contributed by atoms with Gasteiger partial charge in [0.1, 0.15) is 0 Å². The zero-order chi connectivity index (χ0) is 19.1. The van der Waals surface area contributed by atoms with E-state index in [0.29, 0.717) is 5.56 Å². The second-order valence-electron chi connectivity index (χ2n) is 5.25. The lowest BCUT2D eigenvalue weighted by atomic mass is 10.1. The van der Waals surface area contributed by atoms with E-state index in [0.717, 1.165) is 5.56 Å². The van der Waals surface area contributed by atoms with Gasteiger partial charge >= 0.3 is 5.97 Å². The Morgan fingerprint density at radius 2 is 1.54 bits per heavy atom. The standard InChI is InChI=1S/C17H15N3O6/c1-11-2-4-13(5-3-11)17(23)26-10-15(21)18-19-16(22)12-6-8-14(9-7-12)20(24)25/h2-9H,10H2,1H3,(H,18,21)(H,19,22). The summed E-state index contributed by atoms with van der Waals surface area (Å²) in [5.74, 6) is -2.07. The number of benzene rings is 2. The van der Waals surface area contributed by atoms with Gasteiger partial charge in [0, 0.05) is 17.7 Å². The summed E-state index contributed by atoms with van der Waals surface area (Å²) in [6, 6.07) is 11.5. The van der Waals surface area contributed by atoms with Crippen molar-refractivity contribution in [1.82, 2.24) is 10.9 Å². The van der Waals surface area contributed by atoms with Gasteiger partial charge in [-0.3, -0.25) is 30.6 Å². The molecular formula is C17H15N3O6. The number of nitro benzene ring substituents is 1. The first-order chi connectivity index (χ1) is 12.4. The molecule has 9 nitrogen and oxygen atoms in total. The number of carbonyl (C=O) groups excluding carboxylic acids is 3. The van der Waals surface area contributed by atoms with E-state index < -0.39 is 29.3 Å². The first-order valence-corrected chi connectivity index (χ1v) is 7.44. The number of hydrogen-bond acceptors (Lipinski definition) is 6. The average molecular weight is 357 g/mol. The summed E-state index contributed by atoms with van der Waals surface area (Å²) in [4.78, 5) is 45.2. The van der Waals surface area contributed by atoms with Crippen LogP contribution in [-0.4, -0.2) is 29.3 Å². The van der Waals surface area contributed by atoms with Crippen molar-refractivity contribution in [1.29, 1.82) is 0 Å². The molecule has 9 heteroatoms. The van der Waals surface area contributed by atoms with Crippen LogP contribution in [0.3, 0.4) is 0 Å². The van der Waals surface area contributed by atoms with Crippen LogP contribution in [0.2, 0.25) is 0 Å². The number of non-ortho nitro benzene ring substituents is 1. The third-order valence-corrected chi connectivity index (χ3v) is 3.28. The number of rotatable bonds is 5. The van der Waals surface area contributed by atoms with E-state index in [9.17, 15) is 24.5 Å². The van der Waals surface area contributed by atoms with E-state index in [1.807, 2.05) is 6.92 Å². The molecule has 0 saturated carbocycles. The lowest BCUT2D eigenvalue weighted by molar-refractivity contribution is -0.384. The molecule has 2 N–H and O–H groups in total. The van der Waals surface area contributed by atoms with Gasteiger partial charge in [-0.2, -0.15) is 0 Å². The first-order valence-electron chi connectivity index (χ1n) is 7.44. The molecule has 0 aromatic heterocycles. The van der Waals surface area contributed by atoms with Gasteiger partial charge in [0.2, 0.25) is 0 Å². The summed E-state index contributed by atoms with van der Waals surface area (Å²) in [6.45, 7) is 1.30. The zero-order valence-corrected chi connectivity index (χ0v) is 13.7. The van der Waals surface area contributed by atoms with Gasteiger partial charge in [-0.1, -0.05) is 17.7 Å². The molecular weight excluding hydrogens is 342 g/mol. The largest absolute Gasteiger partial charge is 0.452 e. The maximum atomic E-state index is 11.8. The van der Waals surface area contributed by atoms with Crippen molar-refractivity contribution in [3.63, 3.8) is 0 Å². The Bertz CT molecular complexity index is 831. The van der Waals surface area contributed by atoms with Gasteiger partial charge in [0.15, 0.2) is 6.61 Å². The number of carbonyl (C=O) groups is 3. The molecule has 0 spiro atoms. The fourth-order valence-electron chi connectivity index (χ4n) is 1.87. The van der Waals surface area contributed by atoms with Crippen molar-refractivity contribution in [2.45, 2.75) is 6.92 Å². The van der Waals surface area contributed by atoms with Crippen LogP contribution in [0.5, 0.6) is 0 Å². The van der Waals surface area contributed by atoms with Gasteiger partial charge in [-0.05, 0) is 31.2 Å². The number of hydrazine groups is 1. The van der Waals surface area contributed by atoms with Crippen LogP contribution < -0.4 is 10.9 Å². The molecule has 0 aliphatic heterocycles. The highest BCUT2D eigenvalue weighted by atomic mass is 16.6. The predicted octanol–water partition coefficient (Wildman–Crippen LogP) is 1.52. The maximum absolute atomic E-state index is 11.8. The fourth-order valence-corrected chi connectivity index (χ4v) is 1.87. The van der Waals surface area contributed by atoms with E-state index in [1.165, 1.54) is 24.3 Å². The SMILES string of the molecule is Cc1ccc(C(=O)OCC(=O)NNC(=O)c2ccc([N+](=O)[O-])cc2)cc1. The molecule has 0 atom stereocenters. The maximum Gasteiger partial charge on any atom is 0.338 e. The molecule has 0 radical (unpaired) electrons. The fraction of sp³-hybridized carbons (Fsp3) is 0.118. The van der Waals surface area contributed by atoms with E-state index in [2.05, 4.69) is 10.9 Å². The number of nitrogens with one attached hydrogen (secondary N) is 2. The van der Waals surface area contributed by atoms with E-state index in [-0.39, 0.29) is 11.3 Å². The Labute approximate surface area is 148 Å². The quantitative estimate of drug-likeness (QED) is 0.474. The molecule has 0 bridgehead atoms. The first kappa shape index (κ1) is 18.6. The Morgan fingerprint density at radius 3 is 2.12 bits per heavy atom. The van der Waals surface area contributed by atoms with Gasteiger partial charge in [-0.25, -0.2) is 4.79 Å². The third kappa shape index (κ3) is 5.13. The van der Waals surface area contributed by atoms with Crippen molar-refractivity contribution < 1.29 is 24.0 Å². The lowest BCUT2D eigenvalue weighted by Gasteiger charge is -2.08. The molecule has 0 heterocycles. The van der Waals surface area contributed by atoms with Crippen LogP contribution in [0, 0.1) is 17.0 Å². The van der Waals surface area contributed by atoms with Crippen molar-refractivity contribution in [3.8, 4) is 0 Å². The highest BCUT2D eigenvalue weighted by molar-refractivity contribution is 5.96. The molecule has 0 fully saturated rings. The summed E-state index contributed by atoms with van der Waals surface area (Å²) >= 11 is 0. The molecule has 134 valence electrons. The van der Waals surface area contributed by atoms with Crippen molar-refractivity contribution in [3.05, 3.63) is 75.3 Å². The zero-order valence-electron chi connectivity index (χ0n) is 13.7. The number of amides is 2. The molecule has 0 aliphatic carbocycles. The summed E-state index contributed by atoms with van der Waals surface area (Å²) in [6.07, 6.45) is 0. The summed E-state index contributed by atoms with van der Waals surface area (Å²) in [5.41, 5.74) is 5.45. The number of nitro groups is 1. The minimum Gasteiger partial charge on any atom is -0.452 e. The Kier molecular flexibility index (Phi) is 5.99. The molecule has 2 rings (SSSR count). The van der Waals surface area contributed by atoms with Crippen molar-refractivity contribution in [2.24, 2.45) is 0 Å². The van der Waals surface area contributed by atoms with Crippen LogP contribution in [0.1, 0.15) is 26.3 Å². The van der Waals surface area contributed by atoms with Crippen LogP contribution in [0.15, 0.2) is 48.5 Å². The third-order valence-electron chi connectivity index (χ3n) is 3.28. The topological polar surface area (TPSA) is 128 Å². The molecule has 2 aromatic rings. The van der Waals surface area contributed by atoms with Gasteiger partial charge < -0.3 is 4.74 Å². The smallest absolute Gasteiger partial charge is 0.338 e. The molecule has 26 heavy (non-hydrogen) atoms. The monoisotopic (exact) mass is 357 g/mol. The predicted molar refractivity (Wildman–Crippen MR) is 90.2 cm³/mol. The number of hydrogen-bond donors (Lipinski definition) is 2. The Hall–Kier alpha value is -3.75. The van der Waals surface area contributed by atoms with Crippen LogP contribution >= 0.6 is 0 Å². The van der Waals surface area contributed by atoms with Gasteiger partial charge in [-0.15, -0.1) is 0 Å². The summed E-state index contributed by atoms with van der Waals surface area (Å²) < 4.78 is 4.83.